The van der Waals surface area contributed by atoms with Crippen molar-refractivity contribution in [2.24, 2.45) is 11.8 Å². The second-order valence-corrected chi connectivity index (χ2v) is 7.71. The van der Waals surface area contributed by atoms with E-state index in [1.807, 2.05) is 0 Å². The summed E-state index contributed by atoms with van der Waals surface area (Å²) in [5.74, 6) is -0.601. The molecule has 134 valence electrons. The number of aliphatic hydroxyl groups excluding tert-OH is 2. The standard InChI is InChI=1S/C21H26O4/c1-4-12-8-11(3)9-13(5-2)15(12)17-19(23)16-14-6-7-21(10-22,25-14)18(16)20(17)24/h8-9,14,16,18,22-23H,4-7,10H2,1-3H3/t14-,16-,18+,21-/m0/s1. The molecule has 0 unspecified atom stereocenters. The van der Waals surface area contributed by atoms with Gasteiger partial charge in [0, 0.05) is 0 Å². The minimum atomic E-state index is -0.800. The van der Waals surface area contributed by atoms with Crippen LogP contribution in [0.15, 0.2) is 17.9 Å². The lowest BCUT2D eigenvalue weighted by molar-refractivity contribution is -0.125. The molecule has 4 rings (SSSR count). The maximum atomic E-state index is 13.4. The number of rotatable bonds is 4. The first-order valence-electron chi connectivity index (χ1n) is 9.36. The quantitative estimate of drug-likeness (QED) is 0.882. The van der Waals surface area contributed by atoms with Gasteiger partial charge in [-0.25, -0.2) is 0 Å². The van der Waals surface area contributed by atoms with Gasteiger partial charge in [-0.15, -0.1) is 0 Å². The van der Waals surface area contributed by atoms with Crippen molar-refractivity contribution in [1.29, 1.82) is 0 Å². The van der Waals surface area contributed by atoms with Crippen molar-refractivity contribution in [1.82, 2.24) is 0 Å². The Kier molecular flexibility index (Phi) is 3.82. The first-order valence-corrected chi connectivity index (χ1v) is 9.36. The van der Waals surface area contributed by atoms with Crippen molar-refractivity contribution >= 4 is 11.4 Å². The molecule has 0 amide bonds. The molecule has 2 aliphatic heterocycles. The molecular formula is C21H26O4. The number of aliphatic hydroxyl groups is 2. The Labute approximate surface area is 148 Å². The van der Waals surface area contributed by atoms with Gasteiger partial charge in [0.05, 0.1) is 30.1 Å². The molecule has 2 N–H and O–H groups in total. The molecule has 1 aromatic rings. The number of ketones is 1. The fourth-order valence-electron chi connectivity index (χ4n) is 5.30. The Balaban J connectivity index is 1.89. The minimum absolute atomic E-state index is 0.0491. The second-order valence-electron chi connectivity index (χ2n) is 7.71. The highest BCUT2D eigenvalue weighted by Gasteiger charge is 2.66. The maximum absolute atomic E-state index is 13.4. The third-order valence-corrected chi connectivity index (χ3v) is 6.39. The highest BCUT2D eigenvalue weighted by atomic mass is 16.5. The number of benzene rings is 1. The molecular weight excluding hydrogens is 316 g/mol. The van der Waals surface area contributed by atoms with Crippen LogP contribution >= 0.6 is 0 Å². The van der Waals surface area contributed by atoms with Crippen LogP contribution < -0.4 is 0 Å². The molecule has 4 heteroatoms. The van der Waals surface area contributed by atoms with Crippen molar-refractivity contribution in [3.63, 3.8) is 0 Å². The van der Waals surface area contributed by atoms with Crippen LogP contribution in [0, 0.1) is 18.8 Å². The number of fused-ring (bicyclic) bond motifs is 5. The molecule has 4 nitrogen and oxygen atoms in total. The summed E-state index contributed by atoms with van der Waals surface area (Å²) in [6.45, 7) is 6.07. The van der Waals surface area contributed by atoms with Crippen LogP contribution in [0.3, 0.4) is 0 Å². The first-order chi connectivity index (χ1) is 12.0. The molecule has 1 aliphatic carbocycles. The van der Waals surface area contributed by atoms with E-state index in [4.69, 9.17) is 4.74 Å². The van der Waals surface area contributed by atoms with Crippen LogP contribution in [0.2, 0.25) is 0 Å². The normalized spacial score (nSPS) is 33.4. The van der Waals surface area contributed by atoms with E-state index in [2.05, 4.69) is 32.9 Å². The van der Waals surface area contributed by atoms with Crippen molar-refractivity contribution < 1.29 is 19.7 Å². The van der Waals surface area contributed by atoms with Crippen LogP contribution in [-0.4, -0.2) is 34.3 Å². The van der Waals surface area contributed by atoms with Crippen LogP contribution in [0.4, 0.5) is 0 Å². The van der Waals surface area contributed by atoms with E-state index in [1.54, 1.807) is 0 Å². The molecule has 25 heavy (non-hydrogen) atoms. The van der Waals surface area contributed by atoms with Gasteiger partial charge < -0.3 is 14.9 Å². The van der Waals surface area contributed by atoms with Gasteiger partial charge in [0.15, 0.2) is 5.78 Å². The predicted molar refractivity (Wildman–Crippen MR) is 95.4 cm³/mol. The lowest BCUT2D eigenvalue weighted by Gasteiger charge is -2.30. The molecule has 4 atom stereocenters. The predicted octanol–water partition coefficient (Wildman–Crippen LogP) is 3.13. The molecule has 0 saturated carbocycles. The SMILES string of the molecule is CCc1cc(C)cc(CC)c1C1=C(O)[C@H]2[C@@H]3CC[C@@](CO)(O3)[C@H]2C1=O. The summed E-state index contributed by atoms with van der Waals surface area (Å²) in [4.78, 5) is 13.4. The van der Waals surface area contributed by atoms with E-state index >= 15 is 0 Å². The average molecular weight is 342 g/mol. The molecule has 0 radical (unpaired) electrons. The number of allylic oxidation sites excluding steroid dienone is 1. The van der Waals surface area contributed by atoms with E-state index in [0.717, 1.165) is 36.0 Å². The molecule has 3 aliphatic rings. The van der Waals surface area contributed by atoms with E-state index in [-0.39, 0.29) is 30.2 Å². The van der Waals surface area contributed by atoms with E-state index in [1.165, 1.54) is 5.56 Å². The number of hydrogen-bond donors (Lipinski definition) is 2. The first kappa shape index (κ1) is 16.8. The summed E-state index contributed by atoms with van der Waals surface area (Å²) in [6.07, 6.45) is 2.96. The lowest BCUT2D eigenvalue weighted by Crippen LogP contribution is -2.43. The van der Waals surface area contributed by atoms with E-state index < -0.39 is 11.5 Å². The van der Waals surface area contributed by atoms with Crippen LogP contribution in [0.5, 0.6) is 0 Å². The Morgan fingerprint density at radius 3 is 2.44 bits per heavy atom. The van der Waals surface area contributed by atoms with Gasteiger partial charge in [-0.1, -0.05) is 31.5 Å². The second kappa shape index (κ2) is 5.68. The Bertz CT molecular complexity index is 753. The molecule has 2 heterocycles. The Morgan fingerprint density at radius 1 is 1.24 bits per heavy atom. The molecule has 2 saturated heterocycles. The van der Waals surface area contributed by atoms with E-state index in [9.17, 15) is 15.0 Å². The summed E-state index contributed by atoms with van der Waals surface area (Å²) < 4.78 is 5.97. The van der Waals surface area contributed by atoms with Crippen LogP contribution in [0.1, 0.15) is 48.9 Å². The van der Waals surface area contributed by atoms with Crippen molar-refractivity contribution in [3.8, 4) is 0 Å². The topological polar surface area (TPSA) is 66.8 Å². The zero-order valence-electron chi connectivity index (χ0n) is 15.1. The highest BCUT2D eigenvalue weighted by molar-refractivity contribution is 6.26. The minimum Gasteiger partial charge on any atom is -0.511 e. The third kappa shape index (κ3) is 2.10. The summed E-state index contributed by atoms with van der Waals surface area (Å²) in [6, 6.07) is 4.23. The monoisotopic (exact) mass is 342 g/mol. The van der Waals surface area contributed by atoms with Gasteiger partial charge in [0.2, 0.25) is 0 Å². The van der Waals surface area contributed by atoms with Crippen LogP contribution in [0.25, 0.3) is 5.57 Å². The fraction of sp³-hybridized carbons (Fsp3) is 0.571. The number of carbonyl (C=O) groups is 1. The number of Topliss-reactive ketones (excluding diaryl/α,β-unsaturated/α-hetero) is 1. The summed E-state index contributed by atoms with van der Waals surface area (Å²) in [7, 11) is 0. The maximum Gasteiger partial charge on any atom is 0.173 e. The number of hydrogen-bond acceptors (Lipinski definition) is 4. The van der Waals surface area contributed by atoms with Gasteiger partial charge >= 0.3 is 0 Å². The molecule has 0 spiro atoms. The third-order valence-electron chi connectivity index (χ3n) is 6.39. The van der Waals surface area contributed by atoms with Gasteiger partial charge in [-0.3, -0.25) is 4.79 Å². The summed E-state index contributed by atoms with van der Waals surface area (Å²) >= 11 is 0. The molecule has 2 bridgehead atoms. The lowest BCUT2D eigenvalue weighted by atomic mass is 9.72. The van der Waals surface area contributed by atoms with Crippen molar-refractivity contribution in [2.45, 2.75) is 58.2 Å². The van der Waals surface area contributed by atoms with E-state index in [0.29, 0.717) is 12.0 Å². The van der Waals surface area contributed by atoms with Crippen molar-refractivity contribution in [3.05, 3.63) is 40.1 Å². The van der Waals surface area contributed by atoms with Gasteiger partial charge in [0.25, 0.3) is 0 Å². The zero-order chi connectivity index (χ0) is 17.9. The Hall–Kier alpha value is -1.65. The van der Waals surface area contributed by atoms with Crippen LogP contribution in [-0.2, 0) is 22.4 Å². The molecule has 0 aromatic heterocycles. The van der Waals surface area contributed by atoms with Gasteiger partial charge in [-0.05, 0) is 49.3 Å². The highest BCUT2D eigenvalue weighted by Crippen LogP contribution is 2.59. The number of ether oxygens (including phenoxy) is 1. The molecule has 2 fully saturated rings. The zero-order valence-corrected chi connectivity index (χ0v) is 15.1. The number of aryl methyl sites for hydroxylation is 3. The fourth-order valence-corrected chi connectivity index (χ4v) is 5.30. The number of carbonyl (C=O) groups excluding carboxylic acids is 1. The summed E-state index contributed by atoms with van der Waals surface area (Å²) in [5.41, 5.74) is 4.00. The summed E-state index contributed by atoms with van der Waals surface area (Å²) in [5, 5.41) is 20.9. The van der Waals surface area contributed by atoms with Gasteiger partial charge in [0.1, 0.15) is 11.4 Å². The average Bonchev–Trinajstić information content (AvgIpc) is 3.25. The smallest absolute Gasteiger partial charge is 0.173 e. The van der Waals surface area contributed by atoms with Crippen molar-refractivity contribution in [2.75, 3.05) is 6.61 Å². The Morgan fingerprint density at radius 2 is 1.88 bits per heavy atom. The van der Waals surface area contributed by atoms with Gasteiger partial charge in [-0.2, -0.15) is 0 Å². The molecule has 1 aromatic carbocycles. The largest absolute Gasteiger partial charge is 0.511 e.